The topological polar surface area (TPSA) is 96.0 Å². The highest BCUT2D eigenvalue weighted by molar-refractivity contribution is 6.29. The minimum Gasteiger partial charge on any atom is -0.480 e. The van der Waals surface area contributed by atoms with Gasteiger partial charge in [-0.1, -0.05) is 11.6 Å². The quantitative estimate of drug-likeness (QED) is 0.633. The SMILES string of the molecule is COc1nnc(Cl)cc1C(C)n1cc([N+](=O)[O-])c(F)n1. The molecule has 8 nitrogen and oxygen atoms in total. The number of nitrogens with zero attached hydrogens (tertiary/aromatic N) is 5. The predicted molar refractivity (Wildman–Crippen MR) is 66.2 cm³/mol. The Morgan fingerprint density at radius 2 is 2.25 bits per heavy atom. The van der Waals surface area contributed by atoms with Crippen LogP contribution in [0.15, 0.2) is 12.3 Å². The maximum absolute atomic E-state index is 13.3. The zero-order valence-corrected chi connectivity index (χ0v) is 11.2. The molecule has 0 aliphatic rings. The van der Waals surface area contributed by atoms with Crippen LogP contribution in [0.1, 0.15) is 18.5 Å². The van der Waals surface area contributed by atoms with Crippen molar-refractivity contribution in [2.75, 3.05) is 7.11 Å². The van der Waals surface area contributed by atoms with Gasteiger partial charge in [-0.2, -0.15) is 4.39 Å². The maximum Gasteiger partial charge on any atom is 0.343 e. The summed E-state index contributed by atoms with van der Waals surface area (Å²) in [5.74, 6) is -0.977. The van der Waals surface area contributed by atoms with Gasteiger partial charge in [-0.3, -0.25) is 14.8 Å². The number of nitro groups is 1. The molecule has 2 aromatic rings. The molecule has 1 unspecified atom stereocenters. The second-order valence-electron chi connectivity index (χ2n) is 3.85. The molecule has 10 heteroatoms. The summed E-state index contributed by atoms with van der Waals surface area (Å²) in [6, 6.07) is 0.907. The van der Waals surface area contributed by atoms with Crippen molar-refractivity contribution >= 4 is 17.3 Å². The van der Waals surface area contributed by atoms with Gasteiger partial charge < -0.3 is 4.74 Å². The smallest absolute Gasteiger partial charge is 0.343 e. The third-order valence-corrected chi connectivity index (χ3v) is 2.85. The zero-order valence-electron chi connectivity index (χ0n) is 10.4. The predicted octanol–water partition coefficient (Wildman–Crippen LogP) is 1.99. The minimum absolute atomic E-state index is 0.120. The summed E-state index contributed by atoms with van der Waals surface area (Å²) in [6.07, 6.45) is 0.994. The summed E-state index contributed by atoms with van der Waals surface area (Å²) in [7, 11) is 1.39. The van der Waals surface area contributed by atoms with Gasteiger partial charge in [0.25, 0.3) is 0 Å². The molecule has 0 radical (unpaired) electrons. The van der Waals surface area contributed by atoms with Crippen LogP contribution in [0.2, 0.25) is 5.15 Å². The summed E-state index contributed by atoms with van der Waals surface area (Å²) in [4.78, 5) is 9.77. The number of rotatable bonds is 4. The fraction of sp³-hybridized carbons (Fsp3) is 0.300. The molecule has 0 N–H and O–H groups in total. The van der Waals surface area contributed by atoms with E-state index < -0.39 is 22.6 Å². The molecule has 0 aliphatic carbocycles. The normalized spacial score (nSPS) is 12.2. The second-order valence-corrected chi connectivity index (χ2v) is 4.24. The summed E-state index contributed by atoms with van der Waals surface area (Å²) in [5, 5.41) is 21.6. The molecule has 2 rings (SSSR count). The molecule has 0 saturated carbocycles. The highest BCUT2D eigenvalue weighted by atomic mass is 35.5. The van der Waals surface area contributed by atoms with Gasteiger partial charge in [0, 0.05) is 5.56 Å². The van der Waals surface area contributed by atoms with Crippen LogP contribution in [0.25, 0.3) is 0 Å². The van der Waals surface area contributed by atoms with Crippen molar-refractivity contribution in [1.29, 1.82) is 0 Å². The van der Waals surface area contributed by atoms with E-state index in [-0.39, 0.29) is 11.0 Å². The summed E-state index contributed by atoms with van der Waals surface area (Å²) in [6.45, 7) is 1.64. The summed E-state index contributed by atoms with van der Waals surface area (Å²) in [5.41, 5.74) is -0.228. The Morgan fingerprint density at radius 3 is 2.80 bits per heavy atom. The monoisotopic (exact) mass is 301 g/mol. The first kappa shape index (κ1) is 14.1. The Kier molecular flexibility index (Phi) is 3.79. The lowest BCUT2D eigenvalue weighted by Gasteiger charge is -2.14. The van der Waals surface area contributed by atoms with Gasteiger partial charge in [0.15, 0.2) is 5.15 Å². The van der Waals surface area contributed by atoms with Gasteiger partial charge in [-0.15, -0.1) is 15.3 Å². The third kappa shape index (κ3) is 2.52. The molecule has 106 valence electrons. The van der Waals surface area contributed by atoms with Crippen molar-refractivity contribution in [3.05, 3.63) is 39.0 Å². The molecule has 0 aromatic carbocycles. The van der Waals surface area contributed by atoms with E-state index in [1.54, 1.807) is 6.92 Å². The van der Waals surface area contributed by atoms with Crippen molar-refractivity contribution in [3.63, 3.8) is 0 Å². The number of halogens is 2. The molecule has 1 atom stereocenters. The Balaban J connectivity index is 2.45. The molecule has 2 heterocycles. The van der Waals surface area contributed by atoms with E-state index in [1.165, 1.54) is 13.2 Å². The van der Waals surface area contributed by atoms with Gasteiger partial charge in [0.2, 0.25) is 5.88 Å². The van der Waals surface area contributed by atoms with Crippen LogP contribution in [-0.4, -0.2) is 32.0 Å². The number of hydrogen-bond acceptors (Lipinski definition) is 6. The lowest BCUT2D eigenvalue weighted by atomic mass is 10.1. The molecule has 0 amide bonds. The Morgan fingerprint density at radius 1 is 1.55 bits per heavy atom. The molecule has 0 bridgehead atoms. The molecule has 0 spiro atoms. The first-order valence-corrected chi connectivity index (χ1v) is 5.78. The number of hydrogen-bond donors (Lipinski definition) is 0. The van der Waals surface area contributed by atoms with E-state index in [4.69, 9.17) is 16.3 Å². The standard InChI is InChI=1S/C10H9ClFN5O3/c1-5(6-3-8(11)13-14-10(6)20-2)16-4-7(17(18)19)9(12)15-16/h3-5H,1-2H3. The Labute approximate surface area is 117 Å². The minimum atomic E-state index is -1.16. The summed E-state index contributed by atoms with van der Waals surface area (Å²) >= 11 is 5.75. The first-order chi connectivity index (χ1) is 9.43. The van der Waals surface area contributed by atoms with Crippen LogP contribution in [0.3, 0.4) is 0 Å². The summed E-state index contributed by atoms with van der Waals surface area (Å²) < 4.78 is 19.5. The second kappa shape index (κ2) is 5.37. The van der Waals surface area contributed by atoms with E-state index in [0.717, 1.165) is 10.9 Å². The molecular formula is C10H9ClFN5O3. The highest BCUT2D eigenvalue weighted by Crippen LogP contribution is 2.28. The lowest BCUT2D eigenvalue weighted by Crippen LogP contribution is -2.10. The van der Waals surface area contributed by atoms with E-state index in [9.17, 15) is 14.5 Å². The van der Waals surface area contributed by atoms with Crippen LogP contribution in [-0.2, 0) is 0 Å². The molecule has 0 fully saturated rings. The largest absolute Gasteiger partial charge is 0.480 e. The first-order valence-electron chi connectivity index (χ1n) is 5.40. The van der Waals surface area contributed by atoms with E-state index >= 15 is 0 Å². The van der Waals surface area contributed by atoms with Crippen molar-refractivity contribution in [1.82, 2.24) is 20.0 Å². The van der Waals surface area contributed by atoms with Crippen molar-refractivity contribution in [3.8, 4) is 5.88 Å². The van der Waals surface area contributed by atoms with Gasteiger partial charge in [0.05, 0.1) is 18.1 Å². The zero-order chi connectivity index (χ0) is 14.9. The van der Waals surface area contributed by atoms with E-state index in [0.29, 0.717) is 5.56 Å². The fourth-order valence-corrected chi connectivity index (χ4v) is 1.81. The van der Waals surface area contributed by atoms with Gasteiger partial charge in [-0.25, -0.2) is 0 Å². The third-order valence-electron chi connectivity index (χ3n) is 2.66. The van der Waals surface area contributed by atoms with Crippen LogP contribution in [0.4, 0.5) is 10.1 Å². The highest BCUT2D eigenvalue weighted by Gasteiger charge is 2.24. The Bertz CT molecular complexity index is 662. The van der Waals surface area contributed by atoms with Crippen LogP contribution in [0.5, 0.6) is 5.88 Å². The van der Waals surface area contributed by atoms with Crippen molar-refractivity contribution < 1.29 is 14.1 Å². The average molecular weight is 302 g/mol. The van der Waals surface area contributed by atoms with E-state index in [2.05, 4.69) is 15.3 Å². The lowest BCUT2D eigenvalue weighted by molar-refractivity contribution is -0.387. The number of ether oxygens (including phenoxy) is 1. The molecular weight excluding hydrogens is 293 g/mol. The van der Waals surface area contributed by atoms with Gasteiger partial charge in [-0.05, 0) is 13.0 Å². The number of methoxy groups -OCH3 is 1. The van der Waals surface area contributed by atoms with Crippen LogP contribution < -0.4 is 4.74 Å². The fourth-order valence-electron chi connectivity index (χ4n) is 1.65. The van der Waals surface area contributed by atoms with Crippen LogP contribution in [0, 0.1) is 16.1 Å². The molecule has 0 saturated heterocycles. The average Bonchev–Trinajstić information content (AvgIpc) is 2.80. The molecule has 20 heavy (non-hydrogen) atoms. The molecule has 2 aromatic heterocycles. The molecule has 0 aliphatic heterocycles. The Hall–Kier alpha value is -2.29. The van der Waals surface area contributed by atoms with Crippen molar-refractivity contribution in [2.45, 2.75) is 13.0 Å². The maximum atomic E-state index is 13.3. The van der Waals surface area contributed by atoms with Crippen LogP contribution >= 0.6 is 11.6 Å². The van der Waals surface area contributed by atoms with Gasteiger partial charge >= 0.3 is 11.6 Å². The van der Waals surface area contributed by atoms with Crippen molar-refractivity contribution in [2.24, 2.45) is 0 Å². The number of aromatic nitrogens is 4. The van der Waals surface area contributed by atoms with E-state index in [1.807, 2.05) is 0 Å². The van der Waals surface area contributed by atoms with Gasteiger partial charge in [0.1, 0.15) is 6.20 Å².